The minimum Gasteiger partial charge on any atom is -0.324 e. The Morgan fingerprint density at radius 2 is 2.06 bits per heavy atom. The van der Waals surface area contributed by atoms with Crippen LogP contribution < -0.4 is 5.73 Å². The molecule has 2 rings (SSSR count). The summed E-state index contributed by atoms with van der Waals surface area (Å²) < 4.78 is 0. The fourth-order valence-electron chi connectivity index (χ4n) is 1.91. The normalized spacial score (nSPS) is 12.6. The van der Waals surface area contributed by atoms with Crippen LogP contribution in [0.25, 0.3) is 0 Å². The van der Waals surface area contributed by atoms with Crippen LogP contribution in [0.1, 0.15) is 29.3 Å². The summed E-state index contributed by atoms with van der Waals surface area (Å²) in [6.45, 7) is 0. The molecule has 1 atom stereocenters. The molecule has 0 aliphatic rings. The zero-order chi connectivity index (χ0) is 13.0. The van der Waals surface area contributed by atoms with Crippen molar-refractivity contribution in [2.45, 2.75) is 25.3 Å². The number of hydrogen-bond acceptors (Lipinski definition) is 2. The molecule has 2 aromatic rings. The summed E-state index contributed by atoms with van der Waals surface area (Å²) in [4.78, 5) is 1.40. The first-order valence-electron chi connectivity index (χ1n) is 5.89. The van der Waals surface area contributed by atoms with E-state index in [1.165, 1.54) is 4.88 Å². The Kier molecular flexibility index (Phi) is 5.07. The summed E-state index contributed by atoms with van der Waals surface area (Å²) in [5, 5.41) is 3.48. The Labute approximate surface area is 122 Å². The fourth-order valence-corrected chi connectivity index (χ4v) is 3.09. The van der Waals surface area contributed by atoms with Crippen molar-refractivity contribution in [3.8, 4) is 0 Å². The van der Waals surface area contributed by atoms with Crippen molar-refractivity contribution in [1.82, 2.24) is 0 Å². The largest absolute Gasteiger partial charge is 0.324 e. The van der Waals surface area contributed by atoms with E-state index in [9.17, 15) is 0 Å². The SMILES string of the molecule is NC(CCCc1cccs1)c1cc(Cl)ccc1Cl. The van der Waals surface area contributed by atoms with Crippen LogP contribution in [0, 0.1) is 0 Å². The third-order valence-electron chi connectivity index (χ3n) is 2.88. The van der Waals surface area contributed by atoms with Gasteiger partial charge in [-0.2, -0.15) is 0 Å². The van der Waals surface area contributed by atoms with Crippen LogP contribution >= 0.6 is 34.5 Å². The maximum atomic E-state index is 6.16. The van der Waals surface area contributed by atoms with Gasteiger partial charge in [0.1, 0.15) is 0 Å². The Morgan fingerprint density at radius 3 is 2.78 bits per heavy atom. The van der Waals surface area contributed by atoms with E-state index in [0.29, 0.717) is 10.0 Å². The van der Waals surface area contributed by atoms with Gasteiger partial charge in [-0.05, 0) is 54.5 Å². The van der Waals surface area contributed by atoms with Gasteiger partial charge in [0.15, 0.2) is 0 Å². The molecule has 0 saturated heterocycles. The van der Waals surface area contributed by atoms with Crippen molar-refractivity contribution in [2.24, 2.45) is 5.73 Å². The lowest BCUT2D eigenvalue weighted by Gasteiger charge is -2.13. The van der Waals surface area contributed by atoms with Crippen molar-refractivity contribution in [3.05, 3.63) is 56.2 Å². The smallest absolute Gasteiger partial charge is 0.0454 e. The predicted molar refractivity (Wildman–Crippen MR) is 80.6 cm³/mol. The van der Waals surface area contributed by atoms with E-state index in [-0.39, 0.29) is 6.04 Å². The summed E-state index contributed by atoms with van der Waals surface area (Å²) >= 11 is 13.9. The lowest BCUT2D eigenvalue weighted by molar-refractivity contribution is 0.614. The highest BCUT2D eigenvalue weighted by Gasteiger charge is 2.10. The molecule has 1 nitrogen and oxygen atoms in total. The van der Waals surface area contributed by atoms with Crippen molar-refractivity contribution < 1.29 is 0 Å². The van der Waals surface area contributed by atoms with Gasteiger partial charge >= 0.3 is 0 Å². The first kappa shape index (κ1) is 13.9. The molecule has 0 aliphatic heterocycles. The molecule has 0 bridgehead atoms. The van der Waals surface area contributed by atoms with Crippen LogP contribution in [0.15, 0.2) is 35.7 Å². The Balaban J connectivity index is 1.91. The van der Waals surface area contributed by atoms with E-state index in [4.69, 9.17) is 28.9 Å². The zero-order valence-corrected chi connectivity index (χ0v) is 12.2. The highest BCUT2D eigenvalue weighted by molar-refractivity contribution is 7.09. The summed E-state index contributed by atoms with van der Waals surface area (Å²) in [6, 6.07) is 9.64. The van der Waals surface area contributed by atoms with Crippen LogP contribution in [-0.4, -0.2) is 0 Å². The van der Waals surface area contributed by atoms with Crippen molar-refractivity contribution in [1.29, 1.82) is 0 Å². The molecule has 96 valence electrons. The summed E-state index contributed by atoms with van der Waals surface area (Å²) in [6.07, 6.45) is 3.05. The van der Waals surface area contributed by atoms with E-state index >= 15 is 0 Å². The molecule has 0 spiro atoms. The molecule has 0 radical (unpaired) electrons. The molecule has 4 heteroatoms. The van der Waals surface area contributed by atoms with Gasteiger partial charge < -0.3 is 5.73 Å². The van der Waals surface area contributed by atoms with E-state index in [1.54, 1.807) is 23.5 Å². The summed E-state index contributed by atoms with van der Waals surface area (Å²) in [5.41, 5.74) is 7.10. The van der Waals surface area contributed by atoms with E-state index in [2.05, 4.69) is 17.5 Å². The van der Waals surface area contributed by atoms with Gasteiger partial charge in [-0.1, -0.05) is 29.3 Å². The van der Waals surface area contributed by atoms with Gasteiger partial charge in [-0.15, -0.1) is 11.3 Å². The zero-order valence-electron chi connectivity index (χ0n) is 9.90. The molecule has 0 saturated carbocycles. The van der Waals surface area contributed by atoms with Crippen LogP contribution in [0.3, 0.4) is 0 Å². The first-order chi connectivity index (χ1) is 8.66. The Hall–Kier alpha value is -0.540. The number of rotatable bonds is 5. The number of thiophene rings is 1. The lowest BCUT2D eigenvalue weighted by atomic mass is 10.0. The van der Waals surface area contributed by atoms with Crippen LogP contribution in [0.4, 0.5) is 0 Å². The number of nitrogens with two attached hydrogens (primary N) is 1. The van der Waals surface area contributed by atoms with Crippen LogP contribution in [0.5, 0.6) is 0 Å². The van der Waals surface area contributed by atoms with Gasteiger partial charge in [0, 0.05) is 21.0 Å². The second-order valence-corrected chi connectivity index (χ2v) is 6.12. The maximum Gasteiger partial charge on any atom is 0.0454 e. The number of aryl methyl sites for hydroxylation is 1. The Morgan fingerprint density at radius 1 is 1.22 bits per heavy atom. The van der Waals surface area contributed by atoms with E-state index in [0.717, 1.165) is 24.8 Å². The van der Waals surface area contributed by atoms with Crippen LogP contribution in [0.2, 0.25) is 10.0 Å². The van der Waals surface area contributed by atoms with Crippen molar-refractivity contribution >= 4 is 34.5 Å². The van der Waals surface area contributed by atoms with Gasteiger partial charge in [-0.3, -0.25) is 0 Å². The summed E-state index contributed by atoms with van der Waals surface area (Å²) in [5.74, 6) is 0. The molecule has 0 fully saturated rings. The molecule has 0 aliphatic carbocycles. The molecule has 1 heterocycles. The van der Waals surface area contributed by atoms with Gasteiger partial charge in [0.25, 0.3) is 0 Å². The number of halogens is 2. The Bertz CT molecular complexity index is 497. The monoisotopic (exact) mass is 299 g/mol. The molecule has 18 heavy (non-hydrogen) atoms. The highest BCUT2D eigenvalue weighted by Crippen LogP contribution is 2.28. The van der Waals surface area contributed by atoms with E-state index in [1.807, 2.05) is 6.07 Å². The van der Waals surface area contributed by atoms with Gasteiger partial charge in [-0.25, -0.2) is 0 Å². The number of hydrogen-bond donors (Lipinski definition) is 1. The average Bonchev–Trinajstić information content (AvgIpc) is 2.85. The molecule has 1 aromatic carbocycles. The average molecular weight is 300 g/mol. The number of benzene rings is 1. The quantitative estimate of drug-likeness (QED) is 0.819. The molecule has 1 aromatic heterocycles. The fraction of sp³-hybridized carbons (Fsp3) is 0.286. The summed E-state index contributed by atoms with van der Waals surface area (Å²) in [7, 11) is 0. The molecular weight excluding hydrogens is 285 g/mol. The third-order valence-corrected chi connectivity index (χ3v) is 4.39. The van der Waals surface area contributed by atoms with Gasteiger partial charge in [0.05, 0.1) is 0 Å². The third kappa shape index (κ3) is 3.72. The minimum atomic E-state index is -0.0452. The molecule has 0 amide bonds. The van der Waals surface area contributed by atoms with E-state index < -0.39 is 0 Å². The van der Waals surface area contributed by atoms with Crippen LogP contribution in [-0.2, 0) is 6.42 Å². The maximum absolute atomic E-state index is 6.16. The second kappa shape index (κ2) is 6.58. The minimum absolute atomic E-state index is 0.0452. The molecular formula is C14H15Cl2NS. The first-order valence-corrected chi connectivity index (χ1v) is 7.53. The lowest BCUT2D eigenvalue weighted by Crippen LogP contribution is -2.11. The topological polar surface area (TPSA) is 26.0 Å². The molecule has 2 N–H and O–H groups in total. The molecule has 1 unspecified atom stereocenters. The predicted octanol–water partition coefficient (Wildman–Crippen LogP) is 5.08. The van der Waals surface area contributed by atoms with Crippen molar-refractivity contribution in [2.75, 3.05) is 0 Å². The standard InChI is InChI=1S/C14H15Cl2NS/c15-10-6-7-13(16)12(9-10)14(17)5-1-3-11-4-2-8-18-11/h2,4,6-9,14H,1,3,5,17H2. The van der Waals surface area contributed by atoms with Crippen molar-refractivity contribution in [3.63, 3.8) is 0 Å². The second-order valence-electron chi connectivity index (χ2n) is 4.24. The van der Waals surface area contributed by atoms with Gasteiger partial charge in [0.2, 0.25) is 0 Å². The highest BCUT2D eigenvalue weighted by atomic mass is 35.5.